The van der Waals surface area contributed by atoms with Gasteiger partial charge in [0.1, 0.15) is 0 Å². The molecule has 0 aliphatic heterocycles. The van der Waals surface area contributed by atoms with Crippen LogP contribution in [0.1, 0.15) is 30.3 Å². The van der Waals surface area contributed by atoms with E-state index in [1.54, 1.807) is 10.8 Å². The predicted molar refractivity (Wildman–Crippen MR) is 82.1 cm³/mol. The van der Waals surface area contributed by atoms with Crippen LogP contribution in [0.2, 0.25) is 0 Å². The molecule has 5 nitrogen and oxygen atoms in total. The van der Waals surface area contributed by atoms with Gasteiger partial charge in [-0.05, 0) is 24.1 Å². The first kappa shape index (κ1) is 16.4. The Balaban J connectivity index is 2.08. The van der Waals surface area contributed by atoms with Crippen molar-refractivity contribution in [2.75, 3.05) is 7.11 Å². The standard InChI is InChI=1S/C16H17F3N4O/c1-3-4-11-7-8-22(9-11)10-12-15(16(17,18)19)20-13-5-6-14(24-2)21-23(12)13/h5-9H,3-4,10H2,1-2H3. The first-order chi connectivity index (χ1) is 11.4. The van der Waals surface area contributed by atoms with Crippen molar-refractivity contribution in [2.45, 2.75) is 32.5 Å². The van der Waals surface area contributed by atoms with Crippen molar-refractivity contribution in [3.63, 3.8) is 0 Å². The molecule has 0 unspecified atom stereocenters. The Kier molecular flexibility index (Phi) is 4.21. The first-order valence-electron chi connectivity index (χ1n) is 7.57. The molecule has 0 radical (unpaired) electrons. The number of imidazole rings is 1. The van der Waals surface area contributed by atoms with Gasteiger partial charge in [0.05, 0.1) is 19.3 Å². The molecule has 0 atom stereocenters. The summed E-state index contributed by atoms with van der Waals surface area (Å²) < 4.78 is 48.0. The normalized spacial score (nSPS) is 12.0. The molecule has 0 spiro atoms. The molecular weight excluding hydrogens is 321 g/mol. The zero-order chi connectivity index (χ0) is 17.3. The van der Waals surface area contributed by atoms with Gasteiger partial charge in [-0.1, -0.05) is 13.3 Å². The van der Waals surface area contributed by atoms with E-state index in [-0.39, 0.29) is 23.8 Å². The van der Waals surface area contributed by atoms with Gasteiger partial charge in [0.2, 0.25) is 5.88 Å². The van der Waals surface area contributed by atoms with Crippen molar-refractivity contribution in [3.05, 3.63) is 47.5 Å². The second-order valence-electron chi connectivity index (χ2n) is 5.49. The smallest absolute Gasteiger partial charge is 0.435 e. The van der Waals surface area contributed by atoms with Crippen LogP contribution < -0.4 is 4.74 Å². The molecule has 3 aromatic heterocycles. The average molecular weight is 338 g/mol. The minimum absolute atomic E-state index is 0.0185. The molecule has 3 rings (SSSR count). The summed E-state index contributed by atoms with van der Waals surface area (Å²) in [6.07, 6.45) is 0.939. The molecule has 0 saturated carbocycles. The summed E-state index contributed by atoms with van der Waals surface area (Å²) in [7, 11) is 1.42. The maximum absolute atomic E-state index is 13.4. The topological polar surface area (TPSA) is 44.3 Å². The highest BCUT2D eigenvalue weighted by atomic mass is 19.4. The van der Waals surface area contributed by atoms with Crippen molar-refractivity contribution in [1.82, 2.24) is 19.2 Å². The molecule has 0 saturated heterocycles. The van der Waals surface area contributed by atoms with Crippen molar-refractivity contribution in [1.29, 1.82) is 0 Å². The molecule has 0 bridgehead atoms. The predicted octanol–water partition coefficient (Wildman–Crippen LogP) is 3.56. The molecule has 0 aromatic carbocycles. The number of alkyl halides is 3. The number of nitrogens with zero attached hydrogens (tertiary/aromatic N) is 4. The maximum Gasteiger partial charge on any atom is 0.435 e. The summed E-state index contributed by atoms with van der Waals surface area (Å²) in [5.41, 5.74) is 0.286. The van der Waals surface area contributed by atoms with E-state index in [2.05, 4.69) is 17.0 Å². The largest absolute Gasteiger partial charge is 0.480 e. The van der Waals surface area contributed by atoms with E-state index in [0.29, 0.717) is 0 Å². The van der Waals surface area contributed by atoms with Crippen LogP contribution in [0.25, 0.3) is 5.65 Å². The van der Waals surface area contributed by atoms with Gasteiger partial charge in [-0.3, -0.25) is 0 Å². The fraction of sp³-hybridized carbons (Fsp3) is 0.375. The fourth-order valence-electron chi connectivity index (χ4n) is 2.64. The number of hydrogen-bond acceptors (Lipinski definition) is 3. The number of aromatic nitrogens is 4. The lowest BCUT2D eigenvalue weighted by Crippen LogP contribution is -2.13. The fourth-order valence-corrected chi connectivity index (χ4v) is 2.64. The van der Waals surface area contributed by atoms with Gasteiger partial charge in [0.15, 0.2) is 11.3 Å². The lowest BCUT2D eigenvalue weighted by atomic mass is 10.2. The lowest BCUT2D eigenvalue weighted by molar-refractivity contribution is -0.141. The molecule has 0 aliphatic rings. The van der Waals surface area contributed by atoms with E-state index in [0.717, 1.165) is 18.4 Å². The highest BCUT2D eigenvalue weighted by molar-refractivity contribution is 5.44. The van der Waals surface area contributed by atoms with Gasteiger partial charge in [0.25, 0.3) is 0 Å². The van der Waals surface area contributed by atoms with Gasteiger partial charge < -0.3 is 9.30 Å². The van der Waals surface area contributed by atoms with Crippen LogP contribution in [0.5, 0.6) is 5.88 Å². The Morgan fingerprint density at radius 1 is 1.21 bits per heavy atom. The zero-order valence-corrected chi connectivity index (χ0v) is 13.3. The number of rotatable bonds is 5. The summed E-state index contributed by atoms with van der Waals surface area (Å²) in [5.74, 6) is 0.231. The quantitative estimate of drug-likeness (QED) is 0.714. The van der Waals surface area contributed by atoms with E-state index < -0.39 is 11.9 Å². The Morgan fingerprint density at radius 2 is 2.00 bits per heavy atom. The van der Waals surface area contributed by atoms with Gasteiger partial charge in [0, 0.05) is 18.5 Å². The summed E-state index contributed by atoms with van der Waals surface area (Å²) >= 11 is 0. The van der Waals surface area contributed by atoms with Crippen molar-refractivity contribution >= 4 is 5.65 Å². The zero-order valence-electron chi connectivity index (χ0n) is 13.3. The molecule has 24 heavy (non-hydrogen) atoms. The summed E-state index contributed by atoms with van der Waals surface area (Å²) in [6.45, 7) is 2.08. The Morgan fingerprint density at radius 3 is 2.67 bits per heavy atom. The highest BCUT2D eigenvalue weighted by Gasteiger charge is 2.38. The van der Waals surface area contributed by atoms with E-state index in [1.807, 2.05) is 12.3 Å². The minimum Gasteiger partial charge on any atom is -0.480 e. The van der Waals surface area contributed by atoms with Crippen molar-refractivity contribution in [3.8, 4) is 5.88 Å². The monoisotopic (exact) mass is 338 g/mol. The first-order valence-corrected chi connectivity index (χ1v) is 7.57. The minimum atomic E-state index is -4.55. The summed E-state index contributed by atoms with van der Waals surface area (Å²) in [5, 5.41) is 4.09. The SMILES string of the molecule is CCCc1ccn(Cc2c(C(F)(F)F)nc3ccc(OC)nn23)c1. The van der Waals surface area contributed by atoms with Crippen molar-refractivity contribution < 1.29 is 17.9 Å². The van der Waals surface area contributed by atoms with Crippen LogP contribution in [0.3, 0.4) is 0 Å². The van der Waals surface area contributed by atoms with E-state index in [1.165, 1.54) is 23.8 Å². The van der Waals surface area contributed by atoms with Crippen LogP contribution in [0.15, 0.2) is 30.6 Å². The molecule has 3 aromatic rings. The number of ether oxygens (including phenoxy) is 1. The van der Waals surface area contributed by atoms with Crippen molar-refractivity contribution in [2.24, 2.45) is 0 Å². The van der Waals surface area contributed by atoms with Gasteiger partial charge >= 0.3 is 6.18 Å². The number of aryl methyl sites for hydroxylation is 1. The summed E-state index contributed by atoms with van der Waals surface area (Å²) in [6, 6.07) is 4.86. The highest BCUT2D eigenvalue weighted by Crippen LogP contribution is 2.32. The molecule has 128 valence electrons. The van der Waals surface area contributed by atoms with Gasteiger partial charge in [-0.25, -0.2) is 9.50 Å². The van der Waals surface area contributed by atoms with Gasteiger partial charge in [-0.2, -0.15) is 13.2 Å². The third-order valence-electron chi connectivity index (χ3n) is 3.71. The lowest BCUT2D eigenvalue weighted by Gasteiger charge is -2.08. The van der Waals surface area contributed by atoms with E-state index >= 15 is 0 Å². The third kappa shape index (κ3) is 3.08. The Labute approximate surface area is 136 Å². The number of methoxy groups -OCH3 is 1. The second-order valence-corrected chi connectivity index (χ2v) is 5.49. The molecule has 8 heteroatoms. The van der Waals surface area contributed by atoms with E-state index in [9.17, 15) is 13.2 Å². The molecule has 3 heterocycles. The van der Waals surface area contributed by atoms with Crippen LogP contribution in [-0.2, 0) is 19.1 Å². The van der Waals surface area contributed by atoms with Gasteiger partial charge in [-0.15, -0.1) is 5.10 Å². The molecule has 0 aliphatic carbocycles. The maximum atomic E-state index is 13.4. The number of halogens is 3. The van der Waals surface area contributed by atoms with E-state index in [4.69, 9.17) is 4.74 Å². The van der Waals surface area contributed by atoms with Crippen LogP contribution in [0.4, 0.5) is 13.2 Å². The molecular formula is C16H17F3N4O. The molecule has 0 N–H and O–H groups in total. The van der Waals surface area contributed by atoms with Crippen LogP contribution in [-0.4, -0.2) is 26.3 Å². The second kappa shape index (κ2) is 6.18. The van der Waals surface area contributed by atoms with Crippen LogP contribution >= 0.6 is 0 Å². The Bertz CT molecular complexity index is 851. The summed E-state index contributed by atoms with van der Waals surface area (Å²) in [4.78, 5) is 3.71. The Hall–Kier alpha value is -2.51. The molecule has 0 fully saturated rings. The average Bonchev–Trinajstić information content (AvgIpc) is 3.12. The van der Waals surface area contributed by atoms with Crippen LogP contribution in [0, 0.1) is 0 Å². The third-order valence-corrected chi connectivity index (χ3v) is 3.71. The molecule has 0 amide bonds. The number of hydrogen-bond donors (Lipinski definition) is 0. The number of fused-ring (bicyclic) bond motifs is 1.